The van der Waals surface area contributed by atoms with Crippen molar-refractivity contribution in [2.24, 2.45) is 0 Å². The van der Waals surface area contributed by atoms with Gasteiger partial charge in [0, 0.05) is 31.2 Å². The van der Waals surface area contributed by atoms with E-state index in [0.717, 1.165) is 48.1 Å². The van der Waals surface area contributed by atoms with Crippen molar-refractivity contribution in [2.75, 3.05) is 31.1 Å². The molecule has 0 amide bonds. The Labute approximate surface area is 215 Å². The highest BCUT2D eigenvalue weighted by atomic mass is 35.5. The second-order valence-electron chi connectivity index (χ2n) is 9.11. The minimum atomic E-state index is 0.185. The number of hydrogen-bond acceptors (Lipinski definition) is 5. The Bertz CT molecular complexity index is 1430. The number of anilines is 1. The first-order valence-corrected chi connectivity index (χ1v) is 12.6. The molecule has 3 aromatic carbocycles. The van der Waals surface area contributed by atoms with Gasteiger partial charge in [-0.1, -0.05) is 84.4 Å². The molecule has 0 bridgehead atoms. The fourth-order valence-corrected chi connectivity index (χ4v) is 5.22. The van der Waals surface area contributed by atoms with Crippen LogP contribution in [0.5, 0.6) is 0 Å². The summed E-state index contributed by atoms with van der Waals surface area (Å²) in [6.45, 7) is 4.30. The molecular weight excluding hydrogens is 468 g/mol. The molecule has 1 aliphatic rings. The van der Waals surface area contributed by atoms with Gasteiger partial charge in [-0.25, -0.2) is 14.6 Å². The molecule has 1 atom stereocenters. The number of aromatic nitrogens is 4. The zero-order chi connectivity index (χ0) is 24.3. The minimum Gasteiger partial charge on any atom is -0.353 e. The van der Waals surface area contributed by atoms with E-state index in [1.54, 1.807) is 6.33 Å². The van der Waals surface area contributed by atoms with Crippen molar-refractivity contribution < 1.29 is 0 Å². The third-order valence-electron chi connectivity index (χ3n) is 6.87. The lowest BCUT2D eigenvalue weighted by molar-refractivity contribution is 0.212. The minimum absolute atomic E-state index is 0.185. The fraction of sp³-hybridized carbons (Fsp3) is 0.207. The Kier molecular flexibility index (Phi) is 6.36. The molecule has 36 heavy (non-hydrogen) atoms. The Morgan fingerprint density at radius 3 is 2.14 bits per heavy atom. The average Bonchev–Trinajstić information content (AvgIpc) is 3.34. The molecule has 1 fully saturated rings. The zero-order valence-electron chi connectivity index (χ0n) is 19.9. The van der Waals surface area contributed by atoms with Crippen molar-refractivity contribution in [3.8, 4) is 0 Å². The summed E-state index contributed by atoms with van der Waals surface area (Å²) in [4.78, 5) is 14.1. The molecule has 0 spiro atoms. The molecule has 0 saturated carbocycles. The third-order valence-corrected chi connectivity index (χ3v) is 7.12. The van der Waals surface area contributed by atoms with Crippen LogP contribution in [0.3, 0.4) is 0 Å². The summed E-state index contributed by atoms with van der Waals surface area (Å²) < 4.78 is 1.96. The van der Waals surface area contributed by atoms with Crippen LogP contribution in [0.25, 0.3) is 11.0 Å². The zero-order valence-corrected chi connectivity index (χ0v) is 20.7. The number of benzene rings is 3. The van der Waals surface area contributed by atoms with Gasteiger partial charge in [-0.3, -0.25) is 4.90 Å². The molecular formula is C29H27ClN6. The summed E-state index contributed by atoms with van der Waals surface area (Å²) in [6, 6.07) is 29.5. The molecule has 7 heteroatoms. The number of hydrogen-bond donors (Lipinski definition) is 0. The first-order chi connectivity index (χ1) is 17.8. The summed E-state index contributed by atoms with van der Waals surface area (Å²) in [6.07, 6.45) is 3.56. The number of fused-ring (bicyclic) bond motifs is 1. The summed E-state index contributed by atoms with van der Waals surface area (Å²) in [5.41, 5.74) is 4.62. The van der Waals surface area contributed by atoms with Crippen LogP contribution in [0.15, 0.2) is 97.5 Å². The number of halogens is 1. The second kappa shape index (κ2) is 10.1. The van der Waals surface area contributed by atoms with Gasteiger partial charge in [0.05, 0.1) is 24.2 Å². The molecule has 1 saturated heterocycles. The second-order valence-corrected chi connectivity index (χ2v) is 9.55. The molecule has 1 aliphatic heterocycles. The lowest BCUT2D eigenvalue weighted by Gasteiger charge is -2.40. The van der Waals surface area contributed by atoms with Gasteiger partial charge in [-0.2, -0.15) is 5.10 Å². The number of piperazine rings is 1. The largest absolute Gasteiger partial charge is 0.353 e. The molecule has 6 nitrogen and oxygen atoms in total. The third kappa shape index (κ3) is 4.57. The van der Waals surface area contributed by atoms with E-state index < -0.39 is 0 Å². The maximum atomic E-state index is 6.19. The quantitative estimate of drug-likeness (QED) is 0.314. The predicted molar refractivity (Wildman–Crippen MR) is 144 cm³/mol. The molecule has 0 unspecified atom stereocenters. The Hall–Kier alpha value is -3.74. The molecule has 6 rings (SSSR count). The van der Waals surface area contributed by atoms with Gasteiger partial charge < -0.3 is 4.90 Å². The fourth-order valence-electron chi connectivity index (χ4n) is 5.09. The molecule has 0 radical (unpaired) electrons. The molecule has 0 N–H and O–H groups in total. The molecule has 2 aromatic heterocycles. The monoisotopic (exact) mass is 494 g/mol. The maximum Gasteiger partial charge on any atom is 0.163 e. The van der Waals surface area contributed by atoms with Gasteiger partial charge in [0.15, 0.2) is 5.65 Å². The van der Waals surface area contributed by atoms with Crippen LogP contribution in [0.4, 0.5) is 5.82 Å². The van der Waals surface area contributed by atoms with Crippen LogP contribution in [0.1, 0.15) is 22.7 Å². The van der Waals surface area contributed by atoms with Crippen molar-refractivity contribution in [3.63, 3.8) is 0 Å². The Balaban J connectivity index is 1.23. The summed E-state index contributed by atoms with van der Waals surface area (Å²) >= 11 is 6.19. The average molecular weight is 495 g/mol. The lowest BCUT2D eigenvalue weighted by Crippen LogP contribution is -2.48. The van der Waals surface area contributed by atoms with E-state index in [1.807, 2.05) is 41.2 Å². The normalized spacial score (nSPS) is 15.3. The SMILES string of the molecule is Clc1ccc([C@@H](c2ccccc2)N2CCN(c3ncnc4c3cnn4Cc3ccccc3)CC2)cc1. The Morgan fingerprint density at radius 1 is 0.750 bits per heavy atom. The van der Waals surface area contributed by atoms with E-state index in [0.29, 0.717) is 6.54 Å². The summed E-state index contributed by atoms with van der Waals surface area (Å²) in [5, 5.41) is 6.40. The van der Waals surface area contributed by atoms with Gasteiger partial charge in [0.25, 0.3) is 0 Å². The van der Waals surface area contributed by atoms with Crippen LogP contribution in [-0.2, 0) is 6.54 Å². The van der Waals surface area contributed by atoms with Gasteiger partial charge in [-0.15, -0.1) is 0 Å². The first kappa shape index (κ1) is 22.7. The topological polar surface area (TPSA) is 50.1 Å². The standard InChI is InChI=1S/C29H27ClN6/c30-25-13-11-24(12-14-25)27(23-9-5-2-6-10-23)34-15-17-35(18-16-34)28-26-19-33-36(29(26)32-21-31-28)20-22-7-3-1-4-8-22/h1-14,19,21,27H,15-18,20H2/t27-/m1/s1. The molecule has 0 aliphatic carbocycles. The smallest absolute Gasteiger partial charge is 0.163 e. The van der Waals surface area contributed by atoms with Gasteiger partial charge >= 0.3 is 0 Å². The highest BCUT2D eigenvalue weighted by Gasteiger charge is 2.28. The van der Waals surface area contributed by atoms with Crippen LogP contribution in [-0.4, -0.2) is 50.8 Å². The van der Waals surface area contributed by atoms with Crippen LogP contribution in [0, 0.1) is 0 Å². The van der Waals surface area contributed by atoms with Crippen LogP contribution < -0.4 is 4.90 Å². The van der Waals surface area contributed by atoms with E-state index in [-0.39, 0.29) is 6.04 Å². The van der Waals surface area contributed by atoms with E-state index >= 15 is 0 Å². The van der Waals surface area contributed by atoms with Gasteiger partial charge in [0.1, 0.15) is 12.1 Å². The van der Waals surface area contributed by atoms with E-state index in [9.17, 15) is 0 Å². The van der Waals surface area contributed by atoms with Crippen molar-refractivity contribution in [1.29, 1.82) is 0 Å². The highest BCUT2D eigenvalue weighted by Crippen LogP contribution is 2.32. The summed E-state index contributed by atoms with van der Waals surface area (Å²) in [5.74, 6) is 0.960. The predicted octanol–water partition coefficient (Wildman–Crippen LogP) is 5.44. The van der Waals surface area contributed by atoms with E-state index in [1.165, 1.54) is 16.7 Å². The van der Waals surface area contributed by atoms with Crippen LogP contribution in [0.2, 0.25) is 5.02 Å². The number of nitrogens with zero attached hydrogens (tertiary/aromatic N) is 6. The van der Waals surface area contributed by atoms with Crippen LogP contribution >= 0.6 is 11.6 Å². The molecule has 3 heterocycles. The summed E-state index contributed by atoms with van der Waals surface area (Å²) in [7, 11) is 0. The Morgan fingerprint density at radius 2 is 1.42 bits per heavy atom. The molecule has 5 aromatic rings. The van der Waals surface area contributed by atoms with E-state index in [4.69, 9.17) is 11.6 Å². The van der Waals surface area contributed by atoms with Crippen molar-refractivity contribution in [1.82, 2.24) is 24.6 Å². The van der Waals surface area contributed by atoms with Gasteiger partial charge in [0.2, 0.25) is 0 Å². The maximum absolute atomic E-state index is 6.19. The van der Waals surface area contributed by atoms with Crippen molar-refractivity contribution in [2.45, 2.75) is 12.6 Å². The van der Waals surface area contributed by atoms with Crippen molar-refractivity contribution >= 4 is 28.5 Å². The first-order valence-electron chi connectivity index (χ1n) is 12.3. The molecule has 180 valence electrons. The van der Waals surface area contributed by atoms with E-state index in [2.05, 4.69) is 79.5 Å². The highest BCUT2D eigenvalue weighted by molar-refractivity contribution is 6.30. The number of rotatable bonds is 6. The van der Waals surface area contributed by atoms with Crippen molar-refractivity contribution in [3.05, 3.63) is 119 Å². The lowest BCUT2D eigenvalue weighted by atomic mass is 9.96. The van der Waals surface area contributed by atoms with Gasteiger partial charge in [-0.05, 0) is 28.8 Å².